The normalized spacial score (nSPS) is 17.0. The number of ether oxygens (including phenoxy) is 2. The van der Waals surface area contributed by atoms with Crippen LogP contribution in [-0.2, 0) is 16.1 Å². The van der Waals surface area contributed by atoms with Gasteiger partial charge in [-0.3, -0.25) is 5.32 Å². The van der Waals surface area contributed by atoms with Crippen LogP contribution in [-0.4, -0.2) is 35.4 Å². The van der Waals surface area contributed by atoms with Crippen LogP contribution in [0.5, 0.6) is 0 Å². The highest BCUT2D eigenvalue weighted by Gasteiger charge is 2.27. The van der Waals surface area contributed by atoms with E-state index in [1.807, 2.05) is 30.3 Å². The largest absolute Gasteiger partial charge is 0.476 e. The molecule has 1 atom stereocenters. The number of hydrogen-bond donors (Lipinski definition) is 2. The van der Waals surface area contributed by atoms with Crippen molar-refractivity contribution in [1.29, 1.82) is 0 Å². The van der Waals surface area contributed by atoms with Gasteiger partial charge in [0.2, 0.25) is 0 Å². The standard InChI is InChI=1S/C17H18N2O5S/c20-15(21)13-14(12-7-4-8-23-10-12)25-16(18-13)19-17(22)24-9-11-5-2-1-3-6-11/h1-3,5-6,12H,4,7-10H2,(H,20,21)(H,18,19,22). The highest BCUT2D eigenvalue weighted by Crippen LogP contribution is 2.35. The molecule has 0 radical (unpaired) electrons. The Labute approximate surface area is 148 Å². The molecule has 1 unspecified atom stereocenters. The second-order valence-electron chi connectivity index (χ2n) is 5.64. The number of nitrogens with zero attached hydrogens (tertiary/aromatic N) is 1. The summed E-state index contributed by atoms with van der Waals surface area (Å²) < 4.78 is 10.6. The maximum atomic E-state index is 11.9. The lowest BCUT2D eigenvalue weighted by atomic mass is 9.99. The fraction of sp³-hybridized carbons (Fsp3) is 0.353. The van der Waals surface area contributed by atoms with Crippen molar-refractivity contribution >= 4 is 28.5 Å². The Kier molecular flexibility index (Phi) is 5.62. The minimum atomic E-state index is -1.11. The van der Waals surface area contributed by atoms with E-state index in [0.717, 1.165) is 29.7 Å². The molecule has 0 spiro atoms. The number of hydrogen-bond acceptors (Lipinski definition) is 6. The maximum absolute atomic E-state index is 11.9. The van der Waals surface area contributed by atoms with Crippen LogP contribution in [0.2, 0.25) is 0 Å². The van der Waals surface area contributed by atoms with Crippen LogP contribution in [0, 0.1) is 0 Å². The van der Waals surface area contributed by atoms with Crippen LogP contribution in [0.25, 0.3) is 0 Å². The number of anilines is 1. The molecule has 25 heavy (non-hydrogen) atoms. The number of rotatable bonds is 5. The summed E-state index contributed by atoms with van der Waals surface area (Å²) in [4.78, 5) is 28.0. The van der Waals surface area contributed by atoms with E-state index in [2.05, 4.69) is 10.3 Å². The Morgan fingerprint density at radius 1 is 1.36 bits per heavy atom. The van der Waals surface area contributed by atoms with Crippen molar-refractivity contribution in [3.05, 3.63) is 46.5 Å². The Morgan fingerprint density at radius 3 is 2.84 bits per heavy atom. The van der Waals surface area contributed by atoms with E-state index in [9.17, 15) is 14.7 Å². The highest BCUT2D eigenvalue weighted by molar-refractivity contribution is 7.16. The zero-order valence-corrected chi connectivity index (χ0v) is 14.3. The van der Waals surface area contributed by atoms with Gasteiger partial charge in [0.25, 0.3) is 0 Å². The van der Waals surface area contributed by atoms with Crippen molar-refractivity contribution in [1.82, 2.24) is 4.98 Å². The summed E-state index contributed by atoms with van der Waals surface area (Å²) in [6.07, 6.45) is 1.06. The third-order valence-corrected chi connectivity index (χ3v) is 4.94. The quantitative estimate of drug-likeness (QED) is 0.845. The molecule has 7 nitrogen and oxygen atoms in total. The minimum Gasteiger partial charge on any atom is -0.476 e. The number of carbonyl (C=O) groups excluding carboxylic acids is 1. The summed E-state index contributed by atoms with van der Waals surface area (Å²) in [5, 5.41) is 12.1. The number of aromatic nitrogens is 1. The Morgan fingerprint density at radius 2 is 2.16 bits per heavy atom. The lowest BCUT2D eigenvalue weighted by Gasteiger charge is -2.20. The van der Waals surface area contributed by atoms with E-state index < -0.39 is 12.1 Å². The number of benzene rings is 1. The van der Waals surface area contributed by atoms with E-state index in [0.29, 0.717) is 18.1 Å². The number of thiazole rings is 1. The first kappa shape index (κ1) is 17.4. The molecule has 0 saturated carbocycles. The summed E-state index contributed by atoms with van der Waals surface area (Å²) in [6, 6.07) is 9.29. The molecular formula is C17H18N2O5S. The number of carboxylic acids is 1. The topological polar surface area (TPSA) is 97.8 Å². The van der Waals surface area contributed by atoms with Gasteiger partial charge in [-0.2, -0.15) is 0 Å². The van der Waals surface area contributed by atoms with E-state index in [1.54, 1.807) is 0 Å². The lowest BCUT2D eigenvalue weighted by molar-refractivity contribution is 0.0677. The molecule has 1 fully saturated rings. The average Bonchev–Trinajstić information content (AvgIpc) is 3.06. The van der Waals surface area contributed by atoms with Crippen molar-refractivity contribution in [3.8, 4) is 0 Å². The van der Waals surface area contributed by atoms with Crippen molar-refractivity contribution in [2.45, 2.75) is 25.4 Å². The van der Waals surface area contributed by atoms with Crippen LogP contribution < -0.4 is 5.32 Å². The van der Waals surface area contributed by atoms with Crippen molar-refractivity contribution in [3.63, 3.8) is 0 Å². The van der Waals surface area contributed by atoms with Gasteiger partial charge < -0.3 is 14.6 Å². The molecule has 2 N–H and O–H groups in total. The SMILES string of the molecule is O=C(Nc1nc(C(=O)O)c(C2CCCOC2)s1)OCc1ccccc1. The minimum absolute atomic E-state index is 0.00626. The summed E-state index contributed by atoms with van der Waals surface area (Å²) in [5.41, 5.74) is 0.835. The van der Waals surface area contributed by atoms with Crippen molar-refractivity contribution < 1.29 is 24.2 Å². The van der Waals surface area contributed by atoms with Gasteiger partial charge in [0.15, 0.2) is 10.8 Å². The molecule has 3 rings (SSSR count). The molecule has 0 bridgehead atoms. The van der Waals surface area contributed by atoms with Crippen LogP contribution in [0.4, 0.5) is 9.93 Å². The highest BCUT2D eigenvalue weighted by atomic mass is 32.1. The smallest absolute Gasteiger partial charge is 0.413 e. The van der Waals surface area contributed by atoms with Gasteiger partial charge in [-0.25, -0.2) is 14.6 Å². The number of carboxylic acid groups (broad SMARTS) is 1. The number of carbonyl (C=O) groups is 2. The van der Waals surface area contributed by atoms with E-state index in [-0.39, 0.29) is 23.4 Å². The zero-order chi connectivity index (χ0) is 17.6. The van der Waals surface area contributed by atoms with Gasteiger partial charge in [-0.05, 0) is 18.4 Å². The fourth-order valence-electron chi connectivity index (χ4n) is 2.61. The third-order valence-electron chi connectivity index (χ3n) is 3.81. The lowest BCUT2D eigenvalue weighted by Crippen LogP contribution is -2.16. The molecule has 1 aliphatic rings. The van der Waals surface area contributed by atoms with Crippen LogP contribution >= 0.6 is 11.3 Å². The van der Waals surface area contributed by atoms with Gasteiger partial charge in [0.05, 0.1) is 6.61 Å². The van der Waals surface area contributed by atoms with Crippen LogP contribution in [0.3, 0.4) is 0 Å². The Hall–Kier alpha value is -2.45. The second kappa shape index (κ2) is 8.09. The molecule has 132 valence electrons. The van der Waals surface area contributed by atoms with Gasteiger partial charge in [0.1, 0.15) is 6.61 Å². The molecule has 2 heterocycles. The first-order valence-electron chi connectivity index (χ1n) is 7.93. The van der Waals surface area contributed by atoms with E-state index in [4.69, 9.17) is 9.47 Å². The predicted molar refractivity (Wildman–Crippen MR) is 92.1 cm³/mol. The van der Waals surface area contributed by atoms with Gasteiger partial charge in [0, 0.05) is 17.4 Å². The maximum Gasteiger partial charge on any atom is 0.413 e. The van der Waals surface area contributed by atoms with Crippen LogP contribution in [0.15, 0.2) is 30.3 Å². The van der Waals surface area contributed by atoms with E-state index in [1.165, 1.54) is 0 Å². The monoisotopic (exact) mass is 362 g/mol. The molecule has 1 aliphatic heterocycles. The molecule has 8 heteroatoms. The summed E-state index contributed by atoms with van der Waals surface area (Å²) >= 11 is 1.16. The molecule has 1 aromatic heterocycles. The summed E-state index contributed by atoms with van der Waals surface area (Å²) in [7, 11) is 0. The number of nitrogens with one attached hydrogen (secondary N) is 1. The Balaban J connectivity index is 1.65. The molecule has 1 aromatic carbocycles. The molecule has 1 amide bonds. The average molecular weight is 362 g/mol. The third kappa shape index (κ3) is 4.55. The second-order valence-corrected chi connectivity index (χ2v) is 6.67. The molecule has 1 saturated heterocycles. The van der Waals surface area contributed by atoms with E-state index >= 15 is 0 Å². The van der Waals surface area contributed by atoms with Gasteiger partial charge in [-0.15, -0.1) is 11.3 Å². The Bertz CT molecular complexity index is 741. The van der Waals surface area contributed by atoms with Crippen LogP contribution in [0.1, 0.15) is 39.7 Å². The number of amides is 1. The van der Waals surface area contributed by atoms with Crippen molar-refractivity contribution in [2.75, 3.05) is 18.5 Å². The number of aromatic carboxylic acids is 1. The molecular weight excluding hydrogens is 344 g/mol. The van der Waals surface area contributed by atoms with Gasteiger partial charge in [-0.1, -0.05) is 30.3 Å². The molecule has 0 aliphatic carbocycles. The first-order valence-corrected chi connectivity index (χ1v) is 8.74. The predicted octanol–water partition coefficient (Wildman–Crippen LogP) is 3.48. The molecule has 2 aromatic rings. The summed E-state index contributed by atoms with van der Waals surface area (Å²) in [5.74, 6) is -1.12. The summed E-state index contributed by atoms with van der Waals surface area (Å²) in [6.45, 7) is 1.29. The fourth-order valence-corrected chi connectivity index (χ4v) is 3.67. The van der Waals surface area contributed by atoms with Crippen molar-refractivity contribution in [2.24, 2.45) is 0 Å². The van der Waals surface area contributed by atoms with Gasteiger partial charge >= 0.3 is 12.1 Å². The zero-order valence-electron chi connectivity index (χ0n) is 13.4. The first-order chi connectivity index (χ1) is 12.1.